The predicted molar refractivity (Wildman–Crippen MR) is 72.7 cm³/mol. The number of anilines is 1. The Labute approximate surface area is 115 Å². The van der Waals surface area contributed by atoms with E-state index in [1.165, 1.54) is 37.6 Å². The number of hydrogen-bond donors (Lipinski definition) is 2. The smallest absolute Gasteiger partial charge is 0.244 e. The lowest BCUT2D eigenvalue weighted by molar-refractivity contribution is -0.118. The van der Waals surface area contributed by atoms with Crippen LogP contribution in [0.4, 0.5) is 10.1 Å². The zero-order chi connectivity index (χ0) is 14.5. The number of benzene rings is 1. The first-order valence-electron chi connectivity index (χ1n) is 5.91. The van der Waals surface area contributed by atoms with Gasteiger partial charge in [0.15, 0.2) is 0 Å². The van der Waals surface area contributed by atoms with Crippen molar-refractivity contribution in [3.63, 3.8) is 0 Å². The number of aromatic nitrogens is 1. The summed E-state index contributed by atoms with van der Waals surface area (Å²) in [7, 11) is 1.50. The average Bonchev–Trinajstić information content (AvgIpc) is 2.46. The summed E-state index contributed by atoms with van der Waals surface area (Å²) in [6, 6.07) is 8.23. The van der Waals surface area contributed by atoms with Gasteiger partial charge in [-0.3, -0.25) is 4.79 Å². The lowest BCUT2D eigenvalue weighted by Gasteiger charge is -2.17. The Kier molecular flexibility index (Phi) is 4.14. The zero-order valence-corrected chi connectivity index (χ0v) is 10.8. The van der Waals surface area contributed by atoms with Crippen LogP contribution in [0.25, 0.3) is 0 Å². The first-order chi connectivity index (χ1) is 9.60. The van der Waals surface area contributed by atoms with Crippen LogP contribution in [-0.2, 0) is 4.79 Å². The average molecular weight is 275 g/mol. The van der Waals surface area contributed by atoms with Crippen molar-refractivity contribution in [1.29, 1.82) is 0 Å². The number of rotatable bonds is 5. The van der Waals surface area contributed by atoms with Crippen molar-refractivity contribution in [3.05, 3.63) is 54.0 Å². The van der Waals surface area contributed by atoms with Gasteiger partial charge in [-0.1, -0.05) is 0 Å². The molecule has 1 amide bonds. The molecule has 2 rings (SSSR count). The number of ether oxygens (including phenoxy) is 1. The van der Waals surface area contributed by atoms with E-state index in [2.05, 4.69) is 10.3 Å². The summed E-state index contributed by atoms with van der Waals surface area (Å²) < 4.78 is 17.8. The fourth-order valence-corrected chi connectivity index (χ4v) is 1.71. The highest BCUT2D eigenvalue weighted by atomic mass is 19.1. The van der Waals surface area contributed by atoms with E-state index in [1.807, 2.05) is 0 Å². The molecule has 1 aromatic carbocycles. The monoisotopic (exact) mass is 275 g/mol. The number of hydrogen-bond acceptors (Lipinski definition) is 4. The standard InChI is InChI=1S/C14H14FN3O2/c1-20-12-7-2-9(8-17-12)13(14(16)19)18-11-5-3-10(15)4-6-11/h2-8,13,18H,1H3,(H2,16,19). The van der Waals surface area contributed by atoms with Crippen LogP contribution in [0.5, 0.6) is 5.88 Å². The van der Waals surface area contributed by atoms with Crippen LogP contribution < -0.4 is 15.8 Å². The SMILES string of the molecule is COc1ccc(C(Nc2ccc(F)cc2)C(N)=O)cn1. The maximum atomic E-state index is 12.8. The zero-order valence-electron chi connectivity index (χ0n) is 10.8. The Morgan fingerprint density at radius 3 is 2.50 bits per heavy atom. The van der Waals surface area contributed by atoms with E-state index in [0.29, 0.717) is 17.1 Å². The maximum Gasteiger partial charge on any atom is 0.244 e. The fraction of sp³-hybridized carbons (Fsp3) is 0.143. The van der Waals surface area contributed by atoms with E-state index >= 15 is 0 Å². The number of carbonyl (C=O) groups is 1. The minimum Gasteiger partial charge on any atom is -0.481 e. The summed E-state index contributed by atoms with van der Waals surface area (Å²) in [6.07, 6.45) is 1.50. The lowest BCUT2D eigenvalue weighted by Crippen LogP contribution is -2.27. The third kappa shape index (κ3) is 3.23. The van der Waals surface area contributed by atoms with Crippen LogP contribution >= 0.6 is 0 Å². The van der Waals surface area contributed by atoms with Crippen LogP contribution in [0.1, 0.15) is 11.6 Å². The number of amides is 1. The summed E-state index contributed by atoms with van der Waals surface area (Å²) in [4.78, 5) is 15.6. The lowest BCUT2D eigenvalue weighted by atomic mass is 10.1. The molecule has 1 aromatic heterocycles. The Balaban J connectivity index is 2.22. The molecule has 1 atom stereocenters. The highest BCUT2D eigenvalue weighted by Crippen LogP contribution is 2.20. The molecule has 0 bridgehead atoms. The van der Waals surface area contributed by atoms with E-state index in [9.17, 15) is 9.18 Å². The molecular weight excluding hydrogens is 261 g/mol. The molecule has 3 N–H and O–H groups in total. The third-order valence-electron chi connectivity index (χ3n) is 2.74. The van der Waals surface area contributed by atoms with Gasteiger partial charge < -0.3 is 15.8 Å². The predicted octanol–water partition coefficient (Wildman–Crippen LogP) is 1.87. The second-order valence-corrected chi connectivity index (χ2v) is 4.12. The number of primary amides is 1. The highest BCUT2D eigenvalue weighted by molar-refractivity contribution is 5.84. The number of nitrogens with zero attached hydrogens (tertiary/aromatic N) is 1. The molecule has 5 nitrogen and oxygen atoms in total. The van der Waals surface area contributed by atoms with Crippen LogP contribution in [-0.4, -0.2) is 18.0 Å². The van der Waals surface area contributed by atoms with Gasteiger partial charge in [-0.25, -0.2) is 9.37 Å². The minimum absolute atomic E-state index is 0.350. The van der Waals surface area contributed by atoms with Crippen LogP contribution in [0, 0.1) is 5.82 Å². The minimum atomic E-state index is -0.751. The van der Waals surface area contributed by atoms with Gasteiger partial charge in [0.05, 0.1) is 7.11 Å². The van der Waals surface area contributed by atoms with E-state index in [-0.39, 0.29) is 5.82 Å². The number of carbonyl (C=O) groups excluding carboxylic acids is 1. The van der Waals surface area contributed by atoms with Crippen LogP contribution in [0.3, 0.4) is 0 Å². The number of pyridine rings is 1. The molecule has 0 aliphatic heterocycles. The van der Waals surface area contributed by atoms with Gasteiger partial charge in [-0.2, -0.15) is 0 Å². The van der Waals surface area contributed by atoms with Crippen molar-refractivity contribution in [2.45, 2.75) is 6.04 Å². The van der Waals surface area contributed by atoms with Crippen molar-refractivity contribution in [2.75, 3.05) is 12.4 Å². The van der Waals surface area contributed by atoms with Gasteiger partial charge in [-0.15, -0.1) is 0 Å². The maximum absolute atomic E-state index is 12.8. The van der Waals surface area contributed by atoms with E-state index in [0.717, 1.165) is 0 Å². The van der Waals surface area contributed by atoms with Gasteiger partial charge in [0.1, 0.15) is 11.9 Å². The highest BCUT2D eigenvalue weighted by Gasteiger charge is 2.18. The van der Waals surface area contributed by atoms with Crippen LogP contribution in [0.15, 0.2) is 42.6 Å². The van der Waals surface area contributed by atoms with Crippen LogP contribution in [0.2, 0.25) is 0 Å². The number of halogens is 1. The molecule has 0 saturated heterocycles. The second kappa shape index (κ2) is 6.01. The van der Waals surface area contributed by atoms with Gasteiger partial charge in [0, 0.05) is 23.5 Å². The normalized spacial score (nSPS) is 11.7. The molecule has 0 radical (unpaired) electrons. The summed E-state index contributed by atoms with van der Waals surface area (Å²) in [5.41, 5.74) is 6.57. The van der Waals surface area contributed by atoms with Crippen molar-refractivity contribution in [3.8, 4) is 5.88 Å². The summed E-state index contributed by atoms with van der Waals surface area (Å²) in [5, 5.41) is 2.94. The number of nitrogens with one attached hydrogen (secondary N) is 1. The molecule has 0 aliphatic carbocycles. The van der Waals surface area contributed by atoms with Gasteiger partial charge >= 0.3 is 0 Å². The molecule has 6 heteroatoms. The third-order valence-corrected chi connectivity index (χ3v) is 2.74. The molecule has 2 aromatic rings. The summed E-state index contributed by atoms with van der Waals surface area (Å²) >= 11 is 0. The first kappa shape index (κ1) is 13.8. The molecule has 1 unspecified atom stereocenters. The van der Waals surface area contributed by atoms with E-state index in [1.54, 1.807) is 12.1 Å². The first-order valence-corrected chi connectivity index (χ1v) is 5.91. The molecule has 20 heavy (non-hydrogen) atoms. The Morgan fingerprint density at radius 2 is 2.00 bits per heavy atom. The van der Waals surface area contributed by atoms with Gasteiger partial charge in [0.25, 0.3) is 0 Å². The number of nitrogens with two attached hydrogens (primary N) is 1. The van der Waals surface area contributed by atoms with Crippen molar-refractivity contribution >= 4 is 11.6 Å². The summed E-state index contributed by atoms with van der Waals surface area (Å²) in [5.74, 6) is -0.461. The molecule has 0 fully saturated rings. The number of methoxy groups -OCH3 is 1. The Hall–Kier alpha value is -2.63. The largest absolute Gasteiger partial charge is 0.481 e. The van der Waals surface area contributed by atoms with Crippen molar-refractivity contribution in [1.82, 2.24) is 4.98 Å². The topological polar surface area (TPSA) is 77.2 Å². The Morgan fingerprint density at radius 1 is 1.30 bits per heavy atom. The molecule has 104 valence electrons. The molecule has 0 aliphatic rings. The Bertz CT molecular complexity index is 584. The molecule has 1 heterocycles. The van der Waals surface area contributed by atoms with Crippen molar-refractivity contribution in [2.24, 2.45) is 5.73 Å². The van der Waals surface area contributed by atoms with E-state index < -0.39 is 11.9 Å². The quantitative estimate of drug-likeness (QED) is 0.873. The fourth-order valence-electron chi connectivity index (χ4n) is 1.71. The van der Waals surface area contributed by atoms with Crippen molar-refractivity contribution < 1.29 is 13.9 Å². The van der Waals surface area contributed by atoms with Gasteiger partial charge in [0.2, 0.25) is 11.8 Å². The van der Waals surface area contributed by atoms with E-state index in [4.69, 9.17) is 10.5 Å². The second-order valence-electron chi connectivity index (χ2n) is 4.12. The summed E-state index contributed by atoms with van der Waals surface area (Å²) in [6.45, 7) is 0. The molecule has 0 spiro atoms. The molecule has 0 saturated carbocycles. The molecular formula is C14H14FN3O2. The van der Waals surface area contributed by atoms with Gasteiger partial charge in [-0.05, 0) is 30.3 Å².